The molecule has 0 aliphatic carbocycles. The lowest BCUT2D eigenvalue weighted by Crippen LogP contribution is -2.36. The van der Waals surface area contributed by atoms with Crippen molar-refractivity contribution >= 4 is 49.1 Å². The van der Waals surface area contributed by atoms with E-state index in [9.17, 15) is 4.79 Å². The van der Waals surface area contributed by atoms with Crippen molar-refractivity contribution in [3.8, 4) is 6.07 Å². The maximum Gasteiger partial charge on any atom is 0.265 e. The van der Waals surface area contributed by atoms with Crippen molar-refractivity contribution in [2.45, 2.75) is 19.9 Å². The maximum atomic E-state index is 12.1. The minimum Gasteiger partial charge on any atom is -0.322 e. The summed E-state index contributed by atoms with van der Waals surface area (Å²) in [5.41, 5.74) is 0. The summed E-state index contributed by atoms with van der Waals surface area (Å²) in [7, 11) is 0. The molecule has 1 heterocycles. The van der Waals surface area contributed by atoms with Gasteiger partial charge in [-0.2, -0.15) is 5.26 Å². The van der Waals surface area contributed by atoms with Crippen LogP contribution in [0, 0.1) is 11.3 Å². The van der Waals surface area contributed by atoms with Crippen LogP contribution in [0.1, 0.15) is 23.5 Å². The summed E-state index contributed by atoms with van der Waals surface area (Å²) in [6, 6.07) is 3.80. The fourth-order valence-electron chi connectivity index (χ4n) is 1.16. The minimum absolute atomic E-state index is 0.0202. The molecule has 0 saturated carbocycles. The second-order valence-corrected chi connectivity index (χ2v) is 6.64. The van der Waals surface area contributed by atoms with Crippen LogP contribution in [0.2, 0.25) is 0 Å². The van der Waals surface area contributed by atoms with Crippen LogP contribution < -0.4 is 0 Å². The van der Waals surface area contributed by atoms with Gasteiger partial charge >= 0.3 is 0 Å². The second kappa shape index (κ2) is 5.80. The molecule has 3 nitrogen and oxygen atoms in total. The molecule has 1 amide bonds. The molecule has 6 heteroatoms. The van der Waals surface area contributed by atoms with E-state index in [1.807, 2.05) is 19.9 Å². The van der Waals surface area contributed by atoms with E-state index in [1.165, 1.54) is 11.3 Å². The van der Waals surface area contributed by atoms with Crippen molar-refractivity contribution in [1.82, 2.24) is 4.90 Å². The Morgan fingerprint density at radius 3 is 2.62 bits per heavy atom. The number of carbonyl (C=O) groups is 1. The maximum absolute atomic E-state index is 12.1. The fourth-order valence-corrected chi connectivity index (χ4v) is 3.15. The highest BCUT2D eigenvalue weighted by Gasteiger charge is 2.21. The van der Waals surface area contributed by atoms with Crippen LogP contribution in [-0.4, -0.2) is 23.4 Å². The van der Waals surface area contributed by atoms with Gasteiger partial charge in [0, 0.05) is 10.5 Å². The molecule has 0 saturated heterocycles. The molecular weight excluding hydrogens is 356 g/mol. The normalized spacial score (nSPS) is 10.2. The second-order valence-electron chi connectivity index (χ2n) is 3.42. The van der Waals surface area contributed by atoms with Gasteiger partial charge in [0.1, 0.15) is 6.54 Å². The van der Waals surface area contributed by atoms with Gasteiger partial charge in [-0.05, 0) is 51.8 Å². The first-order chi connectivity index (χ1) is 7.47. The number of hydrogen-bond donors (Lipinski definition) is 0. The zero-order chi connectivity index (χ0) is 12.3. The van der Waals surface area contributed by atoms with E-state index in [4.69, 9.17) is 5.26 Å². The van der Waals surface area contributed by atoms with Crippen LogP contribution in [-0.2, 0) is 0 Å². The van der Waals surface area contributed by atoms with Crippen molar-refractivity contribution in [2.24, 2.45) is 0 Å². The van der Waals surface area contributed by atoms with Gasteiger partial charge in [-0.1, -0.05) is 0 Å². The van der Waals surface area contributed by atoms with Crippen LogP contribution in [0.25, 0.3) is 0 Å². The van der Waals surface area contributed by atoms with E-state index in [1.54, 1.807) is 11.0 Å². The van der Waals surface area contributed by atoms with Crippen molar-refractivity contribution in [3.05, 3.63) is 19.2 Å². The van der Waals surface area contributed by atoms with Crippen LogP contribution in [0.15, 0.2) is 14.3 Å². The van der Waals surface area contributed by atoms with Gasteiger partial charge in [-0.3, -0.25) is 4.79 Å². The molecule has 0 aromatic carbocycles. The highest BCUT2D eigenvalue weighted by molar-refractivity contribution is 9.13. The Labute approximate surface area is 115 Å². The third-order valence-electron chi connectivity index (χ3n) is 1.98. The molecule has 0 N–H and O–H groups in total. The fraction of sp³-hybridized carbons (Fsp3) is 0.400. The highest BCUT2D eigenvalue weighted by atomic mass is 79.9. The summed E-state index contributed by atoms with van der Waals surface area (Å²) in [5, 5.41) is 8.68. The van der Waals surface area contributed by atoms with Crippen LogP contribution >= 0.6 is 43.2 Å². The molecule has 0 unspecified atom stereocenters. The average Bonchev–Trinajstić information content (AvgIpc) is 2.54. The van der Waals surface area contributed by atoms with Crippen molar-refractivity contribution in [2.75, 3.05) is 6.54 Å². The van der Waals surface area contributed by atoms with E-state index in [0.29, 0.717) is 4.88 Å². The molecule has 0 atom stereocenters. The van der Waals surface area contributed by atoms with Gasteiger partial charge in [-0.25, -0.2) is 0 Å². The summed E-state index contributed by atoms with van der Waals surface area (Å²) in [4.78, 5) is 14.3. The van der Waals surface area contributed by atoms with Gasteiger partial charge in [0.2, 0.25) is 0 Å². The molecule has 0 aliphatic heterocycles. The predicted molar refractivity (Wildman–Crippen MR) is 71.5 cm³/mol. The Morgan fingerprint density at radius 2 is 2.25 bits per heavy atom. The van der Waals surface area contributed by atoms with E-state index < -0.39 is 0 Å². The molecule has 0 aliphatic rings. The SMILES string of the molecule is CC(C)N(CC#N)C(=O)c1cc(Br)c(Br)s1. The zero-order valence-corrected chi connectivity index (χ0v) is 12.8. The molecule has 86 valence electrons. The summed E-state index contributed by atoms with van der Waals surface area (Å²) >= 11 is 8.05. The Hall–Kier alpha value is -0.380. The minimum atomic E-state index is -0.104. The van der Waals surface area contributed by atoms with Gasteiger partial charge < -0.3 is 4.90 Å². The van der Waals surface area contributed by atoms with Crippen molar-refractivity contribution in [1.29, 1.82) is 5.26 Å². The number of halogens is 2. The number of nitrogens with zero attached hydrogens (tertiary/aromatic N) is 2. The standard InChI is InChI=1S/C10H10Br2N2OS/c1-6(2)14(4-3-13)10(15)8-5-7(11)9(12)16-8/h5-6H,4H2,1-2H3. The first kappa shape index (κ1) is 13.7. The number of nitriles is 1. The molecule has 1 aromatic heterocycles. The molecule has 1 rings (SSSR count). The number of hydrogen-bond acceptors (Lipinski definition) is 3. The molecular formula is C10H10Br2N2OS. The third-order valence-corrected chi connectivity index (χ3v) is 5.23. The lowest BCUT2D eigenvalue weighted by atomic mass is 10.3. The largest absolute Gasteiger partial charge is 0.322 e. The van der Waals surface area contributed by atoms with E-state index >= 15 is 0 Å². The smallest absolute Gasteiger partial charge is 0.265 e. The van der Waals surface area contributed by atoms with Gasteiger partial charge in [-0.15, -0.1) is 11.3 Å². The first-order valence-corrected chi connectivity index (χ1v) is 7.00. The Kier molecular flexibility index (Phi) is 4.96. The summed E-state index contributed by atoms with van der Waals surface area (Å²) in [5.74, 6) is -0.104. The molecule has 1 aromatic rings. The quantitative estimate of drug-likeness (QED) is 0.767. The van der Waals surface area contributed by atoms with Crippen LogP contribution in [0.3, 0.4) is 0 Å². The number of thiophene rings is 1. The number of carbonyl (C=O) groups excluding carboxylic acids is 1. The molecule has 0 spiro atoms. The van der Waals surface area contributed by atoms with Crippen LogP contribution in [0.4, 0.5) is 0 Å². The Morgan fingerprint density at radius 1 is 1.62 bits per heavy atom. The highest BCUT2D eigenvalue weighted by Crippen LogP contribution is 2.33. The summed E-state index contributed by atoms with van der Waals surface area (Å²) in [6.45, 7) is 3.91. The van der Waals surface area contributed by atoms with Gasteiger partial charge in [0.05, 0.1) is 14.7 Å². The Bertz CT molecular complexity index is 417. The zero-order valence-electron chi connectivity index (χ0n) is 8.83. The third kappa shape index (κ3) is 3.06. The molecule has 0 bridgehead atoms. The number of rotatable bonds is 3. The lowest BCUT2D eigenvalue weighted by Gasteiger charge is -2.22. The Balaban J connectivity index is 2.95. The predicted octanol–water partition coefficient (Wildman–Crippen LogP) is 3.65. The molecule has 16 heavy (non-hydrogen) atoms. The van der Waals surface area contributed by atoms with Gasteiger partial charge in [0.25, 0.3) is 5.91 Å². The van der Waals surface area contributed by atoms with E-state index in [-0.39, 0.29) is 18.5 Å². The molecule has 0 radical (unpaired) electrons. The summed E-state index contributed by atoms with van der Waals surface area (Å²) < 4.78 is 1.75. The summed E-state index contributed by atoms with van der Waals surface area (Å²) in [6.07, 6.45) is 0. The topological polar surface area (TPSA) is 44.1 Å². The van der Waals surface area contributed by atoms with Crippen molar-refractivity contribution < 1.29 is 4.79 Å². The van der Waals surface area contributed by atoms with Crippen LogP contribution in [0.5, 0.6) is 0 Å². The van der Waals surface area contributed by atoms with E-state index in [2.05, 4.69) is 31.9 Å². The monoisotopic (exact) mass is 364 g/mol. The van der Waals surface area contributed by atoms with Crippen molar-refractivity contribution in [3.63, 3.8) is 0 Å². The average molecular weight is 366 g/mol. The number of amides is 1. The van der Waals surface area contributed by atoms with E-state index in [0.717, 1.165) is 8.26 Å². The first-order valence-electron chi connectivity index (χ1n) is 4.60. The lowest BCUT2D eigenvalue weighted by molar-refractivity contribution is 0.0736. The molecule has 0 fully saturated rings. The van der Waals surface area contributed by atoms with Gasteiger partial charge in [0.15, 0.2) is 0 Å².